The van der Waals surface area contributed by atoms with Gasteiger partial charge in [-0.3, -0.25) is 9.69 Å². The molecule has 6 rings (SSSR count). The quantitative estimate of drug-likeness (QED) is 0.278. The maximum Gasteiger partial charge on any atom is 0.255 e. The fourth-order valence-electron chi connectivity index (χ4n) is 4.79. The molecule has 5 aromatic rings. The first kappa shape index (κ1) is 26.3. The van der Waals surface area contributed by atoms with E-state index in [0.29, 0.717) is 59.2 Å². The van der Waals surface area contributed by atoms with Gasteiger partial charge in [0, 0.05) is 37.3 Å². The monoisotopic (exact) mass is 552 g/mol. The molecule has 0 aliphatic carbocycles. The van der Waals surface area contributed by atoms with Gasteiger partial charge in [-0.25, -0.2) is 24.3 Å². The number of imidazole rings is 1. The number of aromatic nitrogens is 5. The minimum Gasteiger partial charge on any atom is -0.457 e. The number of amides is 1. The lowest BCUT2D eigenvalue weighted by atomic mass is 10.1. The van der Waals surface area contributed by atoms with Gasteiger partial charge in [-0.15, -0.1) is 0 Å². The number of carbonyl (C=O) groups excluding carboxylic acids is 1. The average Bonchev–Trinajstić information content (AvgIpc) is 3.53. The van der Waals surface area contributed by atoms with Crippen molar-refractivity contribution in [3.8, 4) is 11.5 Å². The van der Waals surface area contributed by atoms with E-state index >= 15 is 4.39 Å². The molecule has 0 spiro atoms. The standard InChI is InChI=1S/C30H29FN8O2/c1-18-25(41-20-5-8-24-23(15-20)34-17-38(24)4)9-6-21(27(18)31)35-29-28-22(32-16-33-29)7-10-26(36-28)39-14-12-19(30(39)40)11-13-37(2)3/h5-11,15-17H,12-14H2,1-4H3,(H,32,33,35)/b19-11+. The SMILES string of the molecule is Cc1c(Oc2ccc3c(c2)ncn3C)ccc(Nc2ncnc3ccc(N4CC/C(=C\CN(C)C)C4=O)nc23)c1F. The number of rotatable bonds is 7. The molecule has 0 unspecified atom stereocenters. The molecule has 4 heterocycles. The van der Waals surface area contributed by atoms with Gasteiger partial charge in [-0.05, 0) is 63.8 Å². The van der Waals surface area contributed by atoms with Crippen LogP contribution in [-0.2, 0) is 11.8 Å². The Kier molecular flexibility index (Phi) is 6.80. The summed E-state index contributed by atoms with van der Waals surface area (Å²) in [4.78, 5) is 34.4. The number of nitrogens with zero attached hydrogens (tertiary/aromatic N) is 7. The van der Waals surface area contributed by atoms with E-state index in [-0.39, 0.29) is 11.6 Å². The van der Waals surface area contributed by atoms with Gasteiger partial charge in [0.2, 0.25) is 0 Å². The lowest BCUT2D eigenvalue weighted by Gasteiger charge is -2.16. The Hall–Kier alpha value is -4.90. The van der Waals surface area contributed by atoms with E-state index in [4.69, 9.17) is 9.72 Å². The predicted octanol–water partition coefficient (Wildman–Crippen LogP) is 5.12. The Bertz CT molecular complexity index is 1830. The summed E-state index contributed by atoms with van der Waals surface area (Å²) >= 11 is 0. The smallest absolute Gasteiger partial charge is 0.255 e. The summed E-state index contributed by atoms with van der Waals surface area (Å²) in [5, 5.41) is 3.07. The van der Waals surface area contributed by atoms with Crippen LogP contribution in [0.15, 0.2) is 66.8 Å². The zero-order chi connectivity index (χ0) is 28.7. The van der Waals surface area contributed by atoms with Gasteiger partial charge >= 0.3 is 0 Å². The Morgan fingerprint density at radius 2 is 1.95 bits per heavy atom. The second kappa shape index (κ2) is 10.6. The molecule has 0 bridgehead atoms. The third-order valence-corrected chi connectivity index (χ3v) is 7.09. The van der Waals surface area contributed by atoms with Gasteiger partial charge in [0.05, 0.1) is 28.6 Å². The second-order valence-electron chi connectivity index (χ2n) is 10.2. The van der Waals surface area contributed by atoms with E-state index in [1.165, 1.54) is 6.33 Å². The lowest BCUT2D eigenvalue weighted by molar-refractivity contribution is -0.114. The number of hydrogen-bond acceptors (Lipinski definition) is 8. The summed E-state index contributed by atoms with van der Waals surface area (Å²) < 4.78 is 23.5. The molecule has 1 aliphatic rings. The molecule has 208 valence electrons. The topological polar surface area (TPSA) is 101 Å². The number of ether oxygens (including phenoxy) is 1. The first-order chi connectivity index (χ1) is 19.8. The molecular formula is C30H29FN8O2. The van der Waals surface area contributed by atoms with Crippen molar-refractivity contribution in [1.29, 1.82) is 0 Å². The van der Waals surface area contributed by atoms with E-state index < -0.39 is 5.82 Å². The molecule has 2 aromatic carbocycles. The molecule has 1 fully saturated rings. The molecule has 3 aromatic heterocycles. The number of carbonyl (C=O) groups is 1. The number of aryl methyl sites for hydroxylation is 1. The molecule has 1 amide bonds. The Balaban J connectivity index is 1.26. The molecular weight excluding hydrogens is 523 g/mol. The molecule has 0 radical (unpaired) electrons. The van der Waals surface area contributed by atoms with Crippen LogP contribution in [0, 0.1) is 12.7 Å². The minimum absolute atomic E-state index is 0.0653. The number of anilines is 3. The summed E-state index contributed by atoms with van der Waals surface area (Å²) in [5.41, 5.74) is 4.09. The van der Waals surface area contributed by atoms with Crippen LogP contribution in [0.4, 0.5) is 21.7 Å². The number of hydrogen-bond donors (Lipinski definition) is 1. The molecule has 10 nitrogen and oxygen atoms in total. The van der Waals surface area contributed by atoms with E-state index in [1.54, 1.807) is 42.4 Å². The average molecular weight is 553 g/mol. The van der Waals surface area contributed by atoms with Crippen LogP contribution >= 0.6 is 0 Å². The van der Waals surface area contributed by atoms with Crippen LogP contribution in [0.3, 0.4) is 0 Å². The van der Waals surface area contributed by atoms with Crippen molar-refractivity contribution >= 4 is 45.3 Å². The fourth-order valence-corrected chi connectivity index (χ4v) is 4.79. The number of halogens is 1. The molecule has 0 atom stereocenters. The summed E-state index contributed by atoms with van der Waals surface area (Å²) in [6.45, 7) is 2.88. The number of benzene rings is 2. The van der Waals surface area contributed by atoms with Gasteiger partial charge in [0.15, 0.2) is 11.6 Å². The Morgan fingerprint density at radius 1 is 1.10 bits per heavy atom. The van der Waals surface area contributed by atoms with Gasteiger partial charge in [-0.2, -0.15) is 0 Å². The normalized spacial score (nSPS) is 14.6. The lowest BCUT2D eigenvalue weighted by Crippen LogP contribution is -2.25. The highest BCUT2D eigenvalue weighted by molar-refractivity contribution is 6.08. The highest BCUT2D eigenvalue weighted by Crippen LogP contribution is 2.34. The van der Waals surface area contributed by atoms with Crippen LogP contribution in [-0.4, -0.2) is 62.5 Å². The van der Waals surface area contributed by atoms with E-state index in [1.807, 2.05) is 54.9 Å². The highest BCUT2D eigenvalue weighted by atomic mass is 19.1. The maximum atomic E-state index is 15.6. The second-order valence-corrected chi connectivity index (χ2v) is 10.2. The van der Waals surface area contributed by atoms with Crippen molar-refractivity contribution in [2.24, 2.45) is 7.05 Å². The number of likely N-dealkylation sites (N-methyl/N-ethyl adjacent to an activating group) is 1. The molecule has 0 saturated carbocycles. The maximum absolute atomic E-state index is 15.6. The van der Waals surface area contributed by atoms with E-state index in [9.17, 15) is 4.79 Å². The van der Waals surface area contributed by atoms with E-state index in [0.717, 1.165) is 16.6 Å². The van der Waals surface area contributed by atoms with Gasteiger partial charge < -0.3 is 19.5 Å². The molecule has 1 aliphatic heterocycles. The Morgan fingerprint density at radius 3 is 2.78 bits per heavy atom. The van der Waals surface area contributed by atoms with Crippen molar-refractivity contribution in [3.05, 3.63) is 78.1 Å². The zero-order valence-corrected chi connectivity index (χ0v) is 23.2. The van der Waals surface area contributed by atoms with Crippen molar-refractivity contribution in [2.75, 3.05) is 37.4 Å². The molecule has 41 heavy (non-hydrogen) atoms. The molecule has 1 saturated heterocycles. The predicted molar refractivity (Wildman–Crippen MR) is 156 cm³/mol. The first-order valence-corrected chi connectivity index (χ1v) is 13.2. The fraction of sp³-hybridized carbons (Fsp3) is 0.233. The van der Waals surface area contributed by atoms with Crippen LogP contribution in [0.1, 0.15) is 12.0 Å². The molecule has 1 N–H and O–H groups in total. The molecule has 11 heteroatoms. The number of nitrogens with one attached hydrogen (secondary N) is 1. The third kappa shape index (κ3) is 5.07. The minimum atomic E-state index is -0.477. The van der Waals surface area contributed by atoms with Crippen molar-refractivity contribution in [1.82, 2.24) is 29.4 Å². The summed E-state index contributed by atoms with van der Waals surface area (Å²) in [6, 6.07) is 12.4. The van der Waals surface area contributed by atoms with Gasteiger partial charge in [-0.1, -0.05) is 6.08 Å². The van der Waals surface area contributed by atoms with Crippen molar-refractivity contribution < 1.29 is 13.9 Å². The van der Waals surface area contributed by atoms with Crippen LogP contribution in [0.2, 0.25) is 0 Å². The van der Waals surface area contributed by atoms with Crippen LogP contribution in [0.25, 0.3) is 22.1 Å². The zero-order valence-electron chi connectivity index (χ0n) is 23.2. The van der Waals surface area contributed by atoms with Crippen LogP contribution < -0.4 is 15.0 Å². The summed E-state index contributed by atoms with van der Waals surface area (Å²) in [6.07, 6.45) is 5.73. The highest BCUT2D eigenvalue weighted by Gasteiger charge is 2.28. The Labute approximate surface area is 236 Å². The van der Waals surface area contributed by atoms with Gasteiger partial charge in [0.25, 0.3) is 5.91 Å². The van der Waals surface area contributed by atoms with Crippen molar-refractivity contribution in [2.45, 2.75) is 13.3 Å². The largest absolute Gasteiger partial charge is 0.457 e. The van der Waals surface area contributed by atoms with Crippen LogP contribution in [0.5, 0.6) is 11.5 Å². The summed E-state index contributed by atoms with van der Waals surface area (Å²) in [5.74, 6) is 1.24. The summed E-state index contributed by atoms with van der Waals surface area (Å²) in [7, 11) is 5.84. The number of fused-ring (bicyclic) bond motifs is 2. The van der Waals surface area contributed by atoms with Crippen molar-refractivity contribution in [3.63, 3.8) is 0 Å². The first-order valence-electron chi connectivity index (χ1n) is 13.2. The third-order valence-electron chi connectivity index (χ3n) is 7.09. The van der Waals surface area contributed by atoms with Gasteiger partial charge in [0.1, 0.15) is 29.2 Å². The number of pyridine rings is 1. The van der Waals surface area contributed by atoms with E-state index in [2.05, 4.69) is 20.3 Å².